The molecule has 0 heterocycles. The third kappa shape index (κ3) is 5.61. The fourth-order valence-electron chi connectivity index (χ4n) is 1.61. The lowest BCUT2D eigenvalue weighted by atomic mass is 10.1. The van der Waals surface area contributed by atoms with Crippen LogP contribution in [0.2, 0.25) is 0 Å². The lowest BCUT2D eigenvalue weighted by Gasteiger charge is -2.14. The van der Waals surface area contributed by atoms with Crippen molar-refractivity contribution in [2.24, 2.45) is 5.73 Å². The van der Waals surface area contributed by atoms with Crippen LogP contribution in [0.5, 0.6) is 5.75 Å². The van der Waals surface area contributed by atoms with Gasteiger partial charge in [0.2, 0.25) is 0 Å². The summed E-state index contributed by atoms with van der Waals surface area (Å²) in [6.07, 6.45) is 2.04. The van der Waals surface area contributed by atoms with Gasteiger partial charge in [0, 0.05) is 22.6 Å². The highest BCUT2D eigenvalue weighted by Crippen LogP contribution is 2.27. The molecule has 0 spiro atoms. The molecule has 0 fully saturated rings. The lowest BCUT2D eigenvalue weighted by Crippen LogP contribution is -2.29. The molecule has 0 radical (unpaired) electrons. The number of rotatable bonds is 7. The van der Waals surface area contributed by atoms with E-state index in [-0.39, 0.29) is 18.6 Å². The normalized spacial score (nSPS) is 12.0. The Kier molecular flexibility index (Phi) is 6.87. The van der Waals surface area contributed by atoms with E-state index in [1.165, 1.54) is 0 Å². The SMILES string of the molecule is CCCCNC(=O)COc1cc(Br)ccc1[C@H](C)N. The fraction of sp³-hybridized carbons (Fsp3) is 0.500. The van der Waals surface area contributed by atoms with Gasteiger partial charge >= 0.3 is 0 Å². The molecular weight excluding hydrogens is 308 g/mol. The Morgan fingerprint density at radius 1 is 1.53 bits per heavy atom. The minimum absolute atomic E-state index is 0.0138. The Balaban J connectivity index is 2.56. The number of carbonyl (C=O) groups is 1. The third-order valence-electron chi connectivity index (χ3n) is 2.68. The van der Waals surface area contributed by atoms with E-state index in [0.717, 1.165) is 22.9 Å². The summed E-state index contributed by atoms with van der Waals surface area (Å²) in [6, 6.07) is 5.51. The van der Waals surface area contributed by atoms with Crippen molar-refractivity contribution < 1.29 is 9.53 Å². The van der Waals surface area contributed by atoms with Gasteiger partial charge in [-0.25, -0.2) is 0 Å². The molecule has 0 aliphatic heterocycles. The van der Waals surface area contributed by atoms with Gasteiger partial charge in [0.15, 0.2) is 6.61 Å². The number of benzene rings is 1. The number of ether oxygens (including phenoxy) is 1. The molecule has 1 aromatic carbocycles. The van der Waals surface area contributed by atoms with Gasteiger partial charge in [-0.05, 0) is 25.5 Å². The Bertz CT molecular complexity index is 422. The molecule has 0 aliphatic carbocycles. The van der Waals surface area contributed by atoms with Crippen molar-refractivity contribution in [1.82, 2.24) is 5.32 Å². The first kappa shape index (κ1) is 16.0. The number of nitrogens with two attached hydrogens (primary N) is 1. The summed E-state index contributed by atoms with van der Waals surface area (Å²) in [4.78, 5) is 11.6. The zero-order valence-electron chi connectivity index (χ0n) is 11.4. The molecule has 0 aliphatic rings. The molecule has 1 atom stereocenters. The summed E-state index contributed by atoms with van der Waals surface area (Å²) >= 11 is 3.38. The van der Waals surface area contributed by atoms with E-state index in [1.807, 2.05) is 25.1 Å². The van der Waals surface area contributed by atoms with E-state index in [4.69, 9.17) is 10.5 Å². The van der Waals surface area contributed by atoms with E-state index in [9.17, 15) is 4.79 Å². The second kappa shape index (κ2) is 8.17. The first-order chi connectivity index (χ1) is 9.04. The van der Waals surface area contributed by atoms with Crippen molar-refractivity contribution in [3.8, 4) is 5.75 Å². The maximum absolute atomic E-state index is 11.6. The molecule has 0 saturated carbocycles. The standard InChI is InChI=1S/C14H21BrN2O2/c1-3-4-7-17-14(18)9-19-13-8-11(15)5-6-12(13)10(2)16/h5-6,8,10H,3-4,7,9,16H2,1-2H3,(H,17,18)/t10-/m0/s1. The summed E-state index contributed by atoms with van der Waals surface area (Å²) in [5, 5.41) is 2.81. The lowest BCUT2D eigenvalue weighted by molar-refractivity contribution is -0.123. The molecule has 1 amide bonds. The molecule has 0 aromatic heterocycles. The van der Waals surface area contributed by atoms with Crippen LogP contribution >= 0.6 is 15.9 Å². The largest absolute Gasteiger partial charge is 0.483 e. The highest BCUT2D eigenvalue weighted by atomic mass is 79.9. The van der Waals surface area contributed by atoms with Crippen molar-refractivity contribution >= 4 is 21.8 Å². The monoisotopic (exact) mass is 328 g/mol. The first-order valence-electron chi connectivity index (χ1n) is 6.49. The fourth-order valence-corrected chi connectivity index (χ4v) is 1.95. The van der Waals surface area contributed by atoms with Gasteiger partial charge in [0.1, 0.15) is 5.75 Å². The number of amides is 1. The van der Waals surface area contributed by atoms with Crippen LogP contribution in [-0.2, 0) is 4.79 Å². The summed E-state index contributed by atoms with van der Waals surface area (Å²) in [5.74, 6) is 0.541. The van der Waals surface area contributed by atoms with E-state index < -0.39 is 0 Å². The molecule has 0 bridgehead atoms. The molecule has 5 heteroatoms. The van der Waals surface area contributed by atoms with Gasteiger partial charge in [0.25, 0.3) is 5.91 Å². The van der Waals surface area contributed by atoms with Crippen molar-refractivity contribution in [1.29, 1.82) is 0 Å². The predicted octanol–water partition coefficient (Wildman–Crippen LogP) is 2.76. The van der Waals surface area contributed by atoms with Crippen LogP contribution in [0, 0.1) is 0 Å². The predicted molar refractivity (Wildman–Crippen MR) is 80.2 cm³/mol. The topological polar surface area (TPSA) is 64.3 Å². The molecule has 0 saturated heterocycles. The van der Waals surface area contributed by atoms with Crippen LogP contribution in [-0.4, -0.2) is 19.1 Å². The van der Waals surface area contributed by atoms with Gasteiger partial charge in [0.05, 0.1) is 0 Å². The van der Waals surface area contributed by atoms with E-state index in [0.29, 0.717) is 12.3 Å². The van der Waals surface area contributed by atoms with Crippen molar-refractivity contribution in [3.05, 3.63) is 28.2 Å². The summed E-state index contributed by atoms with van der Waals surface area (Å²) in [7, 11) is 0. The molecule has 4 nitrogen and oxygen atoms in total. The molecule has 19 heavy (non-hydrogen) atoms. The number of hydrogen-bond donors (Lipinski definition) is 2. The Morgan fingerprint density at radius 3 is 2.89 bits per heavy atom. The zero-order valence-corrected chi connectivity index (χ0v) is 13.0. The van der Waals surface area contributed by atoms with Crippen LogP contribution in [0.3, 0.4) is 0 Å². The maximum Gasteiger partial charge on any atom is 0.257 e. The molecule has 1 rings (SSSR count). The van der Waals surface area contributed by atoms with Gasteiger partial charge < -0.3 is 15.8 Å². The van der Waals surface area contributed by atoms with Gasteiger partial charge in [-0.2, -0.15) is 0 Å². The van der Waals surface area contributed by atoms with Gasteiger partial charge in [-0.1, -0.05) is 35.3 Å². The van der Waals surface area contributed by atoms with Crippen molar-refractivity contribution in [3.63, 3.8) is 0 Å². The van der Waals surface area contributed by atoms with E-state index >= 15 is 0 Å². The minimum atomic E-state index is -0.133. The minimum Gasteiger partial charge on any atom is -0.483 e. The Hall–Kier alpha value is -1.07. The number of unbranched alkanes of at least 4 members (excludes halogenated alkanes) is 1. The summed E-state index contributed by atoms with van der Waals surface area (Å²) in [5.41, 5.74) is 6.77. The highest BCUT2D eigenvalue weighted by Gasteiger charge is 2.10. The smallest absolute Gasteiger partial charge is 0.257 e. The summed E-state index contributed by atoms with van der Waals surface area (Å²) < 4.78 is 6.45. The average molecular weight is 329 g/mol. The third-order valence-corrected chi connectivity index (χ3v) is 3.17. The van der Waals surface area contributed by atoms with Gasteiger partial charge in [-0.15, -0.1) is 0 Å². The average Bonchev–Trinajstić information content (AvgIpc) is 2.36. The highest BCUT2D eigenvalue weighted by molar-refractivity contribution is 9.10. The molecular formula is C14H21BrN2O2. The Labute approximate surface area is 122 Å². The molecule has 0 unspecified atom stereocenters. The van der Waals surface area contributed by atoms with E-state index in [2.05, 4.69) is 28.2 Å². The number of halogens is 1. The van der Waals surface area contributed by atoms with Crippen molar-refractivity contribution in [2.75, 3.05) is 13.2 Å². The van der Waals surface area contributed by atoms with E-state index in [1.54, 1.807) is 0 Å². The van der Waals surface area contributed by atoms with Crippen LogP contribution < -0.4 is 15.8 Å². The second-order valence-electron chi connectivity index (χ2n) is 4.46. The van der Waals surface area contributed by atoms with Crippen LogP contribution in [0.15, 0.2) is 22.7 Å². The molecule has 1 aromatic rings. The molecule has 106 valence electrons. The van der Waals surface area contributed by atoms with Crippen LogP contribution in [0.1, 0.15) is 38.3 Å². The van der Waals surface area contributed by atoms with Crippen LogP contribution in [0.4, 0.5) is 0 Å². The zero-order chi connectivity index (χ0) is 14.3. The van der Waals surface area contributed by atoms with Crippen molar-refractivity contribution in [2.45, 2.75) is 32.7 Å². The first-order valence-corrected chi connectivity index (χ1v) is 7.28. The number of hydrogen-bond acceptors (Lipinski definition) is 3. The van der Waals surface area contributed by atoms with Gasteiger partial charge in [-0.3, -0.25) is 4.79 Å². The summed E-state index contributed by atoms with van der Waals surface area (Å²) in [6.45, 7) is 4.67. The number of nitrogens with one attached hydrogen (secondary N) is 1. The van der Waals surface area contributed by atoms with Crippen LogP contribution in [0.25, 0.3) is 0 Å². The quantitative estimate of drug-likeness (QED) is 0.756. The maximum atomic E-state index is 11.6. The molecule has 3 N–H and O–H groups in total. The number of carbonyl (C=O) groups excluding carboxylic acids is 1. The Morgan fingerprint density at radius 2 is 2.26 bits per heavy atom. The second-order valence-corrected chi connectivity index (χ2v) is 5.38.